The molecule has 2 aromatic heterocycles. The van der Waals surface area contributed by atoms with E-state index < -0.39 is 0 Å². The molecule has 4 aliphatic carbocycles. The molecule has 5 heteroatoms. The van der Waals surface area contributed by atoms with Crippen molar-refractivity contribution >= 4 is 22.8 Å². The molecule has 0 radical (unpaired) electrons. The van der Waals surface area contributed by atoms with E-state index in [0.29, 0.717) is 5.01 Å². The SMILES string of the molecule is C[C@]12CC[C@@H](NC(=O)c3nccs3)CC1=CCC1C2CC[C@]2(C)C(c3cccnc3)=CCC12. The van der Waals surface area contributed by atoms with Crippen LogP contribution in [-0.4, -0.2) is 21.9 Å². The van der Waals surface area contributed by atoms with Crippen molar-refractivity contribution in [3.8, 4) is 0 Å². The van der Waals surface area contributed by atoms with E-state index in [1.807, 2.05) is 17.8 Å². The molecule has 4 aliphatic rings. The van der Waals surface area contributed by atoms with Crippen LogP contribution in [0.4, 0.5) is 0 Å². The number of allylic oxidation sites excluding steroid dienone is 3. The summed E-state index contributed by atoms with van der Waals surface area (Å²) in [4.78, 5) is 21.1. The average molecular weight is 460 g/mol. The standard InChI is InChI=1S/C28H33N3OS/c1-27-11-9-20(31-25(32)26-30-14-15-33-26)16-19(27)5-6-21-23-8-7-22(18-4-3-13-29-17-18)28(23,2)12-10-24(21)27/h3-5,7,13-15,17,20-21,23-24H,6,8-12,16H2,1-2H3,(H,31,32)/t20-,21?,23?,24?,27+,28-/m1/s1. The van der Waals surface area contributed by atoms with E-state index in [2.05, 4.69) is 53.4 Å². The topological polar surface area (TPSA) is 54.9 Å². The van der Waals surface area contributed by atoms with Crippen molar-refractivity contribution in [3.05, 3.63) is 64.4 Å². The van der Waals surface area contributed by atoms with Gasteiger partial charge < -0.3 is 5.32 Å². The molecule has 3 unspecified atom stereocenters. The molecule has 2 fully saturated rings. The van der Waals surface area contributed by atoms with E-state index >= 15 is 0 Å². The molecule has 6 atom stereocenters. The van der Waals surface area contributed by atoms with E-state index in [4.69, 9.17) is 0 Å². The number of fused-ring (bicyclic) bond motifs is 5. The minimum Gasteiger partial charge on any atom is -0.347 e. The number of amides is 1. The van der Waals surface area contributed by atoms with Crippen molar-refractivity contribution in [2.24, 2.45) is 28.6 Å². The normalized spacial score (nSPS) is 37.3. The minimum absolute atomic E-state index is 0.0127. The third-order valence-corrected chi connectivity index (χ3v) is 10.4. The molecule has 4 nitrogen and oxygen atoms in total. The van der Waals surface area contributed by atoms with Gasteiger partial charge in [-0.2, -0.15) is 0 Å². The van der Waals surface area contributed by atoms with Gasteiger partial charge in [0.2, 0.25) is 0 Å². The molecule has 2 saturated carbocycles. The van der Waals surface area contributed by atoms with Gasteiger partial charge in [-0.1, -0.05) is 37.6 Å². The number of nitrogens with one attached hydrogen (secondary N) is 1. The Morgan fingerprint density at radius 3 is 2.76 bits per heavy atom. The van der Waals surface area contributed by atoms with E-state index in [1.54, 1.807) is 11.8 Å². The van der Waals surface area contributed by atoms with Gasteiger partial charge in [-0.3, -0.25) is 9.78 Å². The summed E-state index contributed by atoms with van der Waals surface area (Å²) in [6.45, 7) is 5.05. The zero-order valence-corrected chi connectivity index (χ0v) is 20.4. The Labute approximate surface area is 200 Å². The van der Waals surface area contributed by atoms with Crippen LogP contribution < -0.4 is 5.32 Å². The highest BCUT2D eigenvalue weighted by atomic mass is 32.1. The molecular formula is C28H33N3OS. The number of pyridine rings is 1. The van der Waals surface area contributed by atoms with Crippen LogP contribution in [0.25, 0.3) is 5.57 Å². The molecule has 1 amide bonds. The van der Waals surface area contributed by atoms with E-state index in [9.17, 15) is 4.79 Å². The Hall–Kier alpha value is -2.27. The molecule has 2 aromatic rings. The maximum absolute atomic E-state index is 12.6. The third kappa shape index (κ3) is 3.34. The predicted molar refractivity (Wildman–Crippen MR) is 133 cm³/mol. The fourth-order valence-electron chi connectivity index (χ4n) is 7.90. The molecule has 33 heavy (non-hydrogen) atoms. The summed E-state index contributed by atoms with van der Waals surface area (Å²) in [5.74, 6) is 2.22. The number of aromatic nitrogens is 2. The van der Waals surface area contributed by atoms with Crippen molar-refractivity contribution < 1.29 is 4.79 Å². The first-order valence-electron chi connectivity index (χ1n) is 12.5. The van der Waals surface area contributed by atoms with Crippen molar-refractivity contribution in [2.75, 3.05) is 0 Å². The minimum atomic E-state index is -0.0127. The molecule has 0 spiro atoms. The maximum atomic E-state index is 12.6. The van der Waals surface area contributed by atoms with Crippen LogP contribution in [0.2, 0.25) is 0 Å². The first-order valence-corrected chi connectivity index (χ1v) is 13.4. The fourth-order valence-corrected chi connectivity index (χ4v) is 8.44. The summed E-state index contributed by atoms with van der Waals surface area (Å²) < 4.78 is 0. The van der Waals surface area contributed by atoms with E-state index in [0.717, 1.165) is 30.6 Å². The highest BCUT2D eigenvalue weighted by Crippen LogP contribution is 2.66. The lowest BCUT2D eigenvalue weighted by Crippen LogP contribution is -2.51. The van der Waals surface area contributed by atoms with Gasteiger partial charge in [0.1, 0.15) is 0 Å². The summed E-state index contributed by atoms with van der Waals surface area (Å²) in [5, 5.41) is 5.71. The van der Waals surface area contributed by atoms with Crippen LogP contribution in [0.5, 0.6) is 0 Å². The summed E-state index contributed by atoms with van der Waals surface area (Å²) in [5.41, 5.74) is 5.00. The van der Waals surface area contributed by atoms with Crippen molar-refractivity contribution in [1.29, 1.82) is 0 Å². The van der Waals surface area contributed by atoms with Crippen LogP contribution >= 0.6 is 11.3 Å². The number of rotatable bonds is 3. The number of hydrogen-bond donors (Lipinski definition) is 1. The number of hydrogen-bond acceptors (Lipinski definition) is 4. The second-order valence-electron chi connectivity index (χ2n) is 11.1. The smallest absolute Gasteiger partial charge is 0.280 e. The molecule has 6 rings (SSSR count). The first kappa shape index (κ1) is 21.3. The Morgan fingerprint density at radius 1 is 1.09 bits per heavy atom. The Balaban J connectivity index is 1.21. The lowest BCUT2D eigenvalue weighted by molar-refractivity contribution is -0.0123. The Bertz CT molecular complexity index is 1110. The second-order valence-corrected chi connectivity index (χ2v) is 12.0. The van der Waals surface area contributed by atoms with E-state index in [1.165, 1.54) is 54.6 Å². The first-order chi connectivity index (χ1) is 16.0. The molecule has 0 saturated heterocycles. The predicted octanol–water partition coefficient (Wildman–Crippen LogP) is 6.29. The zero-order valence-electron chi connectivity index (χ0n) is 19.6. The number of nitrogens with zero attached hydrogens (tertiary/aromatic N) is 2. The van der Waals surface area contributed by atoms with Crippen LogP contribution in [0.3, 0.4) is 0 Å². The van der Waals surface area contributed by atoms with Crippen LogP contribution in [-0.2, 0) is 0 Å². The van der Waals surface area contributed by atoms with Gasteiger partial charge in [0.25, 0.3) is 5.91 Å². The number of carbonyl (C=O) groups excluding carboxylic acids is 1. The summed E-state index contributed by atoms with van der Waals surface area (Å²) in [6, 6.07) is 4.54. The molecule has 1 N–H and O–H groups in total. The van der Waals surface area contributed by atoms with Gasteiger partial charge in [-0.15, -0.1) is 11.3 Å². The monoisotopic (exact) mass is 459 g/mol. The zero-order chi connectivity index (χ0) is 22.6. The Morgan fingerprint density at radius 2 is 1.97 bits per heavy atom. The van der Waals surface area contributed by atoms with Crippen molar-refractivity contribution in [1.82, 2.24) is 15.3 Å². The Kier molecular flexibility index (Phi) is 5.09. The second kappa shape index (κ2) is 7.90. The fraction of sp³-hybridized carbons (Fsp3) is 0.536. The van der Waals surface area contributed by atoms with Crippen LogP contribution in [0, 0.1) is 28.6 Å². The van der Waals surface area contributed by atoms with Crippen molar-refractivity contribution in [3.63, 3.8) is 0 Å². The van der Waals surface area contributed by atoms with Crippen LogP contribution in [0.15, 0.2) is 53.8 Å². The lowest BCUT2D eigenvalue weighted by atomic mass is 9.47. The van der Waals surface area contributed by atoms with E-state index in [-0.39, 0.29) is 22.8 Å². The van der Waals surface area contributed by atoms with Gasteiger partial charge in [-0.25, -0.2) is 4.98 Å². The van der Waals surface area contributed by atoms with Gasteiger partial charge in [0.05, 0.1) is 0 Å². The van der Waals surface area contributed by atoms with Gasteiger partial charge >= 0.3 is 0 Å². The van der Waals surface area contributed by atoms with Crippen LogP contribution in [0.1, 0.15) is 74.2 Å². The number of carbonyl (C=O) groups is 1. The van der Waals surface area contributed by atoms with Crippen molar-refractivity contribution in [2.45, 2.75) is 64.8 Å². The quantitative estimate of drug-likeness (QED) is 0.549. The van der Waals surface area contributed by atoms with Gasteiger partial charge in [-0.05, 0) is 90.7 Å². The summed E-state index contributed by atoms with van der Waals surface area (Å²) >= 11 is 1.42. The number of thiazole rings is 1. The van der Waals surface area contributed by atoms with Gasteiger partial charge in [0, 0.05) is 30.0 Å². The maximum Gasteiger partial charge on any atom is 0.280 e. The largest absolute Gasteiger partial charge is 0.347 e. The highest BCUT2D eigenvalue weighted by molar-refractivity contribution is 7.11. The molecule has 0 bridgehead atoms. The third-order valence-electron chi connectivity index (χ3n) is 9.62. The summed E-state index contributed by atoms with van der Waals surface area (Å²) in [7, 11) is 0. The molecule has 2 heterocycles. The highest BCUT2D eigenvalue weighted by Gasteiger charge is 2.56. The average Bonchev–Trinajstić information content (AvgIpc) is 3.48. The molecule has 0 aromatic carbocycles. The summed E-state index contributed by atoms with van der Waals surface area (Å²) in [6.07, 6.45) is 18.9. The lowest BCUT2D eigenvalue weighted by Gasteiger charge is -2.58. The molecule has 172 valence electrons. The molecular weight excluding hydrogens is 426 g/mol. The van der Waals surface area contributed by atoms with Gasteiger partial charge in [0.15, 0.2) is 5.01 Å². The molecule has 0 aliphatic heterocycles.